The molecule has 0 unspecified atom stereocenters. The quantitative estimate of drug-likeness (QED) is 0.688. The average molecular weight is 159 g/mol. The smallest absolute Gasteiger partial charge is 0.0148 e. The Morgan fingerprint density at radius 2 is 1.83 bits per heavy atom. The Bertz CT molecular complexity index is 242. The fourth-order valence-corrected chi connectivity index (χ4v) is 1.87. The molecule has 1 aliphatic carbocycles. The molecular weight excluding hydrogens is 146 g/mol. The molecule has 2 radical (unpaired) electrons. The van der Waals surface area contributed by atoms with Gasteiger partial charge in [-0.3, -0.25) is 0 Å². The van der Waals surface area contributed by atoms with E-state index in [-0.39, 0.29) is 0 Å². The van der Waals surface area contributed by atoms with Crippen molar-refractivity contribution in [3.63, 3.8) is 0 Å². The van der Waals surface area contributed by atoms with Crippen LogP contribution in [0, 0.1) is 6.92 Å². The van der Waals surface area contributed by atoms with Crippen molar-refractivity contribution in [1.82, 2.24) is 5.32 Å². The van der Waals surface area contributed by atoms with Crippen LogP contribution in [0.5, 0.6) is 0 Å². The molecule has 0 saturated carbocycles. The average Bonchev–Trinajstić information content (AvgIpc) is 2.47. The Kier molecular flexibility index (Phi) is 2.13. The highest BCUT2D eigenvalue weighted by molar-refractivity contribution is 5.33. The standard InChI is InChI=1S/C11H13N/c1-2-12-11-7-9-5-3-4-6-10(9)8-11/h1,3-6,11-12H,2,7-8H2. The fourth-order valence-electron chi connectivity index (χ4n) is 1.87. The first kappa shape index (κ1) is 7.81. The van der Waals surface area contributed by atoms with E-state index in [0.29, 0.717) is 12.6 Å². The zero-order valence-corrected chi connectivity index (χ0v) is 7.09. The second-order valence-electron chi connectivity index (χ2n) is 3.28. The molecule has 0 amide bonds. The third-order valence-electron chi connectivity index (χ3n) is 2.46. The van der Waals surface area contributed by atoms with Crippen molar-refractivity contribution >= 4 is 0 Å². The van der Waals surface area contributed by atoms with Crippen LogP contribution >= 0.6 is 0 Å². The number of hydrogen-bond donors (Lipinski definition) is 1. The molecule has 1 aliphatic rings. The Morgan fingerprint density at radius 3 is 2.33 bits per heavy atom. The van der Waals surface area contributed by atoms with Crippen LogP contribution in [0.15, 0.2) is 24.3 Å². The van der Waals surface area contributed by atoms with Gasteiger partial charge in [-0.15, -0.1) is 0 Å². The summed E-state index contributed by atoms with van der Waals surface area (Å²) >= 11 is 0. The lowest BCUT2D eigenvalue weighted by Crippen LogP contribution is -2.29. The van der Waals surface area contributed by atoms with Gasteiger partial charge in [0.25, 0.3) is 0 Å². The molecule has 0 aromatic heterocycles. The van der Waals surface area contributed by atoms with E-state index >= 15 is 0 Å². The van der Waals surface area contributed by atoms with Crippen LogP contribution in [-0.2, 0) is 12.8 Å². The summed E-state index contributed by atoms with van der Waals surface area (Å²) in [5, 5.41) is 3.27. The van der Waals surface area contributed by atoms with Crippen molar-refractivity contribution in [2.75, 3.05) is 6.54 Å². The molecule has 0 atom stereocenters. The molecule has 1 N–H and O–H groups in total. The third kappa shape index (κ3) is 1.37. The van der Waals surface area contributed by atoms with E-state index in [4.69, 9.17) is 6.92 Å². The minimum atomic E-state index is 0.562. The summed E-state index contributed by atoms with van der Waals surface area (Å²) < 4.78 is 0. The summed E-state index contributed by atoms with van der Waals surface area (Å²) in [7, 11) is 0. The lowest BCUT2D eigenvalue weighted by molar-refractivity contribution is 0.566. The van der Waals surface area contributed by atoms with Gasteiger partial charge in [0.05, 0.1) is 0 Å². The van der Waals surface area contributed by atoms with Crippen molar-refractivity contribution in [3.05, 3.63) is 42.3 Å². The minimum Gasteiger partial charge on any atom is -0.313 e. The van der Waals surface area contributed by atoms with Crippen molar-refractivity contribution in [2.45, 2.75) is 18.9 Å². The predicted molar refractivity (Wildman–Crippen MR) is 49.9 cm³/mol. The topological polar surface area (TPSA) is 12.0 Å². The molecule has 1 aromatic carbocycles. The van der Waals surface area contributed by atoms with E-state index in [0.717, 1.165) is 12.8 Å². The first-order valence-corrected chi connectivity index (χ1v) is 4.40. The highest BCUT2D eigenvalue weighted by Gasteiger charge is 2.18. The molecule has 0 aliphatic heterocycles. The molecular formula is C11H13N. The molecule has 0 saturated heterocycles. The SMILES string of the molecule is [CH]CNC1Cc2ccccc2C1. The number of benzene rings is 1. The van der Waals surface area contributed by atoms with Gasteiger partial charge >= 0.3 is 0 Å². The van der Waals surface area contributed by atoms with E-state index < -0.39 is 0 Å². The first-order chi connectivity index (χ1) is 5.90. The summed E-state index contributed by atoms with van der Waals surface area (Å²) in [4.78, 5) is 0. The molecule has 1 nitrogen and oxygen atoms in total. The first-order valence-electron chi connectivity index (χ1n) is 4.40. The van der Waals surface area contributed by atoms with Gasteiger partial charge in [0.15, 0.2) is 0 Å². The lowest BCUT2D eigenvalue weighted by Gasteiger charge is -2.07. The molecule has 0 fully saturated rings. The zero-order valence-electron chi connectivity index (χ0n) is 7.09. The van der Waals surface area contributed by atoms with Crippen LogP contribution in [0.3, 0.4) is 0 Å². The summed E-state index contributed by atoms with van der Waals surface area (Å²) in [5.41, 5.74) is 2.95. The number of fused-ring (bicyclic) bond motifs is 1. The van der Waals surface area contributed by atoms with Crippen LogP contribution in [0.25, 0.3) is 0 Å². The van der Waals surface area contributed by atoms with Crippen molar-refractivity contribution in [2.24, 2.45) is 0 Å². The summed E-state index contributed by atoms with van der Waals surface area (Å²) in [6.45, 7) is 6.01. The van der Waals surface area contributed by atoms with E-state index in [1.807, 2.05) is 0 Å². The van der Waals surface area contributed by atoms with Gasteiger partial charge < -0.3 is 5.32 Å². The van der Waals surface area contributed by atoms with Crippen molar-refractivity contribution in [3.8, 4) is 0 Å². The predicted octanol–water partition coefficient (Wildman–Crippen LogP) is 1.45. The summed E-state index contributed by atoms with van der Waals surface area (Å²) in [6.07, 6.45) is 2.26. The van der Waals surface area contributed by atoms with E-state index in [2.05, 4.69) is 29.6 Å². The van der Waals surface area contributed by atoms with Gasteiger partial charge in [-0.1, -0.05) is 24.3 Å². The molecule has 1 heteroatoms. The highest BCUT2D eigenvalue weighted by atomic mass is 14.9. The van der Waals surface area contributed by atoms with Crippen LogP contribution in [0.4, 0.5) is 0 Å². The van der Waals surface area contributed by atoms with Gasteiger partial charge in [-0.25, -0.2) is 0 Å². The Hall–Kier alpha value is -0.820. The molecule has 62 valence electrons. The van der Waals surface area contributed by atoms with Gasteiger partial charge in [-0.05, 0) is 37.4 Å². The normalized spacial score (nSPS) is 16.4. The lowest BCUT2D eigenvalue weighted by atomic mass is 10.1. The number of nitrogens with one attached hydrogen (secondary N) is 1. The van der Waals surface area contributed by atoms with Crippen LogP contribution in [0.1, 0.15) is 11.1 Å². The summed E-state index contributed by atoms with van der Waals surface area (Å²) in [5.74, 6) is 0. The largest absolute Gasteiger partial charge is 0.313 e. The minimum absolute atomic E-state index is 0.562. The number of hydrogen-bond acceptors (Lipinski definition) is 1. The molecule has 12 heavy (non-hydrogen) atoms. The van der Waals surface area contributed by atoms with E-state index in [1.54, 1.807) is 0 Å². The maximum atomic E-state index is 5.43. The zero-order chi connectivity index (χ0) is 8.39. The molecule has 1 aromatic rings. The number of rotatable bonds is 2. The highest BCUT2D eigenvalue weighted by Crippen LogP contribution is 2.21. The summed E-state index contributed by atoms with van der Waals surface area (Å²) in [6, 6.07) is 9.17. The molecule has 2 rings (SSSR count). The van der Waals surface area contributed by atoms with Gasteiger partial charge in [-0.2, -0.15) is 0 Å². The van der Waals surface area contributed by atoms with Crippen LogP contribution in [0.2, 0.25) is 0 Å². The Morgan fingerprint density at radius 1 is 1.25 bits per heavy atom. The van der Waals surface area contributed by atoms with Gasteiger partial charge in [0.2, 0.25) is 0 Å². The second kappa shape index (κ2) is 3.28. The van der Waals surface area contributed by atoms with E-state index in [1.165, 1.54) is 11.1 Å². The molecule has 0 spiro atoms. The van der Waals surface area contributed by atoms with Crippen LogP contribution in [-0.4, -0.2) is 12.6 Å². The Labute approximate surface area is 73.8 Å². The van der Waals surface area contributed by atoms with Gasteiger partial charge in [0, 0.05) is 6.04 Å². The third-order valence-corrected chi connectivity index (χ3v) is 2.46. The molecule has 0 heterocycles. The van der Waals surface area contributed by atoms with Crippen molar-refractivity contribution < 1.29 is 0 Å². The van der Waals surface area contributed by atoms with E-state index in [9.17, 15) is 0 Å². The second-order valence-corrected chi connectivity index (χ2v) is 3.28. The van der Waals surface area contributed by atoms with Gasteiger partial charge in [0.1, 0.15) is 0 Å². The van der Waals surface area contributed by atoms with Crippen LogP contribution < -0.4 is 5.32 Å². The maximum Gasteiger partial charge on any atom is 0.0148 e. The van der Waals surface area contributed by atoms with Crippen molar-refractivity contribution in [1.29, 1.82) is 0 Å². The maximum absolute atomic E-state index is 5.43. The Balaban J connectivity index is 2.11. The fraction of sp³-hybridized carbons (Fsp3) is 0.364. The molecule has 0 bridgehead atoms. The monoisotopic (exact) mass is 159 g/mol.